The Balaban J connectivity index is 1.76. The van der Waals surface area contributed by atoms with Crippen molar-refractivity contribution in [3.8, 4) is 0 Å². The third kappa shape index (κ3) is 3.18. The zero-order chi connectivity index (χ0) is 18.3. The first-order valence-electron chi connectivity index (χ1n) is 8.07. The lowest BCUT2D eigenvalue weighted by Crippen LogP contribution is -2.22. The van der Waals surface area contributed by atoms with E-state index in [1.165, 1.54) is 22.2 Å². The molecule has 2 heterocycles. The van der Waals surface area contributed by atoms with Crippen LogP contribution < -0.4 is 0 Å². The van der Waals surface area contributed by atoms with Crippen LogP contribution in [0, 0.1) is 0 Å². The molecule has 0 atom stereocenters. The van der Waals surface area contributed by atoms with Crippen LogP contribution in [0.25, 0.3) is 17.0 Å². The average molecular weight is 399 g/mol. The number of rotatable bonds is 3. The minimum absolute atomic E-state index is 0.0467. The number of aromatic nitrogens is 1. The molecule has 1 fully saturated rings. The Kier molecular flexibility index (Phi) is 4.61. The average Bonchev–Trinajstić information content (AvgIpc) is 3.10. The molecule has 2 aromatic carbocycles. The molecule has 0 unspecified atom stereocenters. The number of amides is 1. The van der Waals surface area contributed by atoms with Gasteiger partial charge in [0.1, 0.15) is 4.32 Å². The molecule has 26 heavy (non-hydrogen) atoms. The lowest BCUT2D eigenvalue weighted by molar-refractivity contribution is -0.121. The molecule has 1 aliphatic rings. The van der Waals surface area contributed by atoms with E-state index in [2.05, 4.69) is 22.9 Å². The van der Waals surface area contributed by atoms with Crippen LogP contribution in [0.1, 0.15) is 11.1 Å². The number of thioether (sulfide) groups is 1. The lowest BCUT2D eigenvalue weighted by atomic mass is 10.1. The summed E-state index contributed by atoms with van der Waals surface area (Å²) in [6.45, 7) is 0.736. The van der Waals surface area contributed by atoms with Crippen molar-refractivity contribution in [1.82, 2.24) is 9.47 Å². The molecule has 1 amide bonds. The highest BCUT2D eigenvalue weighted by Crippen LogP contribution is 2.33. The highest BCUT2D eigenvalue weighted by molar-refractivity contribution is 8.26. The highest BCUT2D eigenvalue weighted by atomic mass is 35.5. The third-order valence-corrected chi connectivity index (χ3v) is 6.10. The van der Waals surface area contributed by atoms with Crippen molar-refractivity contribution in [3.05, 3.63) is 75.8 Å². The molecule has 6 heteroatoms. The number of hydrogen-bond acceptors (Lipinski definition) is 3. The van der Waals surface area contributed by atoms with E-state index in [1.807, 2.05) is 42.5 Å². The van der Waals surface area contributed by atoms with Gasteiger partial charge in [0.15, 0.2) is 0 Å². The summed E-state index contributed by atoms with van der Waals surface area (Å²) in [7, 11) is 1.71. The second kappa shape index (κ2) is 6.91. The molecule has 1 aromatic heterocycles. The van der Waals surface area contributed by atoms with E-state index in [1.54, 1.807) is 7.05 Å². The number of para-hydroxylation sites is 1. The van der Waals surface area contributed by atoms with E-state index < -0.39 is 0 Å². The number of benzene rings is 2. The smallest absolute Gasteiger partial charge is 0.265 e. The molecule has 1 saturated heterocycles. The van der Waals surface area contributed by atoms with Crippen molar-refractivity contribution in [2.24, 2.45) is 0 Å². The van der Waals surface area contributed by atoms with Crippen LogP contribution in [0.15, 0.2) is 59.6 Å². The van der Waals surface area contributed by atoms with E-state index >= 15 is 0 Å². The van der Waals surface area contributed by atoms with Crippen molar-refractivity contribution in [2.45, 2.75) is 6.54 Å². The Morgan fingerprint density at radius 3 is 2.58 bits per heavy atom. The Morgan fingerprint density at radius 1 is 1.15 bits per heavy atom. The first-order valence-corrected chi connectivity index (χ1v) is 9.67. The van der Waals surface area contributed by atoms with Gasteiger partial charge < -0.3 is 4.57 Å². The van der Waals surface area contributed by atoms with Crippen LogP contribution >= 0.6 is 35.6 Å². The Bertz CT molecular complexity index is 1050. The van der Waals surface area contributed by atoms with Gasteiger partial charge in [0, 0.05) is 41.3 Å². The van der Waals surface area contributed by atoms with E-state index in [9.17, 15) is 4.79 Å². The fourth-order valence-corrected chi connectivity index (χ4v) is 4.29. The summed E-state index contributed by atoms with van der Waals surface area (Å²) >= 11 is 12.5. The van der Waals surface area contributed by atoms with Crippen molar-refractivity contribution >= 4 is 62.8 Å². The summed E-state index contributed by atoms with van der Waals surface area (Å²) in [5.41, 5.74) is 3.31. The fraction of sp³-hybridized carbons (Fsp3) is 0.100. The van der Waals surface area contributed by atoms with Gasteiger partial charge in [0.2, 0.25) is 0 Å². The maximum Gasteiger partial charge on any atom is 0.265 e. The van der Waals surface area contributed by atoms with E-state index in [-0.39, 0.29) is 5.91 Å². The van der Waals surface area contributed by atoms with Crippen LogP contribution in [0.4, 0.5) is 0 Å². The molecule has 3 nitrogen and oxygen atoms in total. The SMILES string of the molecule is CN1C(=O)C(=Cc2cn(Cc3ccc(Cl)cc3)c3ccccc23)SC1=S. The molecule has 1 aliphatic heterocycles. The van der Waals surface area contributed by atoms with Gasteiger partial charge in [-0.3, -0.25) is 9.69 Å². The molecular weight excluding hydrogens is 384 g/mol. The van der Waals surface area contributed by atoms with Gasteiger partial charge in [-0.1, -0.05) is 65.9 Å². The van der Waals surface area contributed by atoms with Gasteiger partial charge >= 0.3 is 0 Å². The number of fused-ring (bicyclic) bond motifs is 1. The number of carbonyl (C=O) groups excluding carboxylic acids is 1. The largest absolute Gasteiger partial charge is 0.342 e. The number of halogens is 1. The highest BCUT2D eigenvalue weighted by Gasteiger charge is 2.29. The van der Waals surface area contributed by atoms with Gasteiger partial charge in [-0.25, -0.2) is 0 Å². The minimum atomic E-state index is -0.0467. The maximum absolute atomic E-state index is 12.3. The van der Waals surface area contributed by atoms with Crippen molar-refractivity contribution in [1.29, 1.82) is 0 Å². The molecule has 0 radical (unpaired) electrons. The van der Waals surface area contributed by atoms with Crippen molar-refractivity contribution in [3.63, 3.8) is 0 Å². The predicted molar refractivity (Wildman–Crippen MR) is 113 cm³/mol. The number of carbonyl (C=O) groups is 1. The second-order valence-corrected chi connectivity index (χ2v) is 8.21. The second-order valence-electron chi connectivity index (χ2n) is 6.10. The standard InChI is InChI=1S/C20H15ClN2OS2/c1-22-19(24)18(26-20(22)25)10-14-12-23(17-5-3-2-4-16(14)17)11-13-6-8-15(21)9-7-13/h2-10,12H,11H2,1H3. The normalized spacial score (nSPS) is 16.2. The lowest BCUT2D eigenvalue weighted by Gasteiger charge is -2.05. The zero-order valence-electron chi connectivity index (χ0n) is 14.0. The van der Waals surface area contributed by atoms with Gasteiger partial charge in [0.05, 0.1) is 4.91 Å². The number of thiocarbonyl (C=S) groups is 1. The molecule has 0 bridgehead atoms. The third-order valence-electron chi connectivity index (χ3n) is 4.36. The fourth-order valence-electron chi connectivity index (χ4n) is 2.99. The summed E-state index contributed by atoms with van der Waals surface area (Å²) in [4.78, 5) is 14.5. The molecule has 3 aromatic rings. The van der Waals surface area contributed by atoms with Crippen LogP contribution in [-0.2, 0) is 11.3 Å². The molecule has 0 N–H and O–H groups in total. The van der Waals surface area contributed by atoms with Gasteiger partial charge in [-0.2, -0.15) is 0 Å². The number of likely N-dealkylation sites (N-methyl/N-ethyl adjacent to an activating group) is 1. The first-order chi connectivity index (χ1) is 12.5. The molecule has 130 valence electrons. The monoisotopic (exact) mass is 398 g/mol. The van der Waals surface area contributed by atoms with E-state index in [0.717, 1.165) is 28.0 Å². The minimum Gasteiger partial charge on any atom is -0.342 e. The quantitative estimate of drug-likeness (QED) is 0.449. The molecule has 0 aliphatic carbocycles. The zero-order valence-corrected chi connectivity index (χ0v) is 16.4. The Labute approximate surface area is 166 Å². The summed E-state index contributed by atoms with van der Waals surface area (Å²) in [6, 6.07) is 16.1. The maximum atomic E-state index is 12.3. The summed E-state index contributed by atoms with van der Waals surface area (Å²) in [5.74, 6) is -0.0467. The molecule has 0 saturated carbocycles. The van der Waals surface area contributed by atoms with Crippen molar-refractivity contribution in [2.75, 3.05) is 7.05 Å². The summed E-state index contributed by atoms with van der Waals surface area (Å²) in [6.07, 6.45) is 4.02. The van der Waals surface area contributed by atoms with E-state index in [0.29, 0.717) is 9.23 Å². The predicted octanol–water partition coefficient (Wildman–Crippen LogP) is 5.17. The van der Waals surface area contributed by atoms with Crippen LogP contribution in [-0.4, -0.2) is 26.7 Å². The Morgan fingerprint density at radius 2 is 1.88 bits per heavy atom. The van der Waals surface area contributed by atoms with Crippen molar-refractivity contribution < 1.29 is 4.79 Å². The number of hydrogen-bond donors (Lipinski definition) is 0. The summed E-state index contributed by atoms with van der Waals surface area (Å²) in [5, 5.41) is 1.84. The van der Waals surface area contributed by atoms with Crippen LogP contribution in [0.3, 0.4) is 0 Å². The van der Waals surface area contributed by atoms with Gasteiger partial charge in [0.25, 0.3) is 5.91 Å². The van der Waals surface area contributed by atoms with Gasteiger partial charge in [-0.05, 0) is 29.8 Å². The van der Waals surface area contributed by atoms with Crippen LogP contribution in [0.2, 0.25) is 5.02 Å². The van der Waals surface area contributed by atoms with Gasteiger partial charge in [-0.15, -0.1) is 0 Å². The topological polar surface area (TPSA) is 25.2 Å². The first kappa shape index (κ1) is 17.3. The number of nitrogens with zero attached hydrogens (tertiary/aromatic N) is 2. The molecule has 0 spiro atoms. The molecular formula is C20H15ClN2OS2. The van der Waals surface area contributed by atoms with E-state index in [4.69, 9.17) is 23.8 Å². The summed E-state index contributed by atoms with van der Waals surface area (Å²) < 4.78 is 2.78. The molecule has 4 rings (SSSR count). The van der Waals surface area contributed by atoms with Crippen LogP contribution in [0.5, 0.6) is 0 Å². The Hall–Kier alpha value is -2.08.